The molecular formula is C26H21N3O3S. The Morgan fingerprint density at radius 2 is 1.85 bits per heavy atom. The van der Waals surface area contributed by atoms with Gasteiger partial charge in [-0.15, -0.1) is 0 Å². The highest BCUT2D eigenvalue weighted by Crippen LogP contribution is 2.30. The van der Waals surface area contributed by atoms with Crippen molar-refractivity contribution in [1.82, 2.24) is 9.55 Å². The van der Waals surface area contributed by atoms with E-state index in [4.69, 9.17) is 4.74 Å². The van der Waals surface area contributed by atoms with Gasteiger partial charge in [0.2, 0.25) is 0 Å². The summed E-state index contributed by atoms with van der Waals surface area (Å²) >= 11 is 1.29. The summed E-state index contributed by atoms with van der Waals surface area (Å²) < 4.78 is 7.41. The summed E-state index contributed by atoms with van der Waals surface area (Å²) in [5, 5.41) is 1.04. The van der Waals surface area contributed by atoms with Gasteiger partial charge in [-0.25, -0.2) is 14.8 Å². The van der Waals surface area contributed by atoms with Gasteiger partial charge in [0.25, 0.3) is 5.56 Å². The van der Waals surface area contributed by atoms with Crippen LogP contribution in [0, 0.1) is 0 Å². The van der Waals surface area contributed by atoms with Gasteiger partial charge in [-0.1, -0.05) is 65.9 Å². The molecule has 0 fully saturated rings. The number of aromatic nitrogens is 2. The Balaban J connectivity index is 1.71. The minimum Gasteiger partial charge on any atom is -0.463 e. The van der Waals surface area contributed by atoms with Gasteiger partial charge in [0, 0.05) is 5.39 Å². The number of ether oxygens (including phenoxy) is 1. The van der Waals surface area contributed by atoms with E-state index in [-0.39, 0.29) is 12.2 Å². The van der Waals surface area contributed by atoms with E-state index in [9.17, 15) is 9.59 Å². The molecule has 33 heavy (non-hydrogen) atoms. The number of benzene rings is 2. The molecule has 0 aliphatic carbocycles. The van der Waals surface area contributed by atoms with E-state index in [2.05, 4.69) is 9.98 Å². The first-order chi connectivity index (χ1) is 16.1. The fraction of sp³-hybridized carbons (Fsp3) is 0.154. The Kier molecular flexibility index (Phi) is 5.48. The number of nitrogens with zero attached hydrogens (tertiary/aromatic N) is 3. The third-order valence-electron chi connectivity index (χ3n) is 5.53. The van der Waals surface area contributed by atoms with Crippen molar-refractivity contribution in [2.75, 3.05) is 6.61 Å². The van der Waals surface area contributed by atoms with Gasteiger partial charge in [0.15, 0.2) is 4.80 Å². The molecule has 5 rings (SSSR count). The van der Waals surface area contributed by atoms with Crippen LogP contribution in [0.25, 0.3) is 17.0 Å². The van der Waals surface area contributed by atoms with Crippen molar-refractivity contribution in [3.63, 3.8) is 0 Å². The quantitative estimate of drug-likeness (QED) is 0.443. The molecule has 2 aromatic heterocycles. The number of para-hydroxylation sites is 1. The van der Waals surface area contributed by atoms with Crippen molar-refractivity contribution in [3.05, 3.63) is 109 Å². The fourth-order valence-corrected chi connectivity index (χ4v) is 5.07. The molecule has 7 heteroatoms. The summed E-state index contributed by atoms with van der Waals surface area (Å²) in [5.74, 6) is -0.460. The predicted octanol–water partition coefficient (Wildman–Crippen LogP) is 3.35. The number of fused-ring (bicyclic) bond motifs is 2. The molecule has 0 bridgehead atoms. The zero-order chi connectivity index (χ0) is 22.9. The molecule has 0 N–H and O–H groups in total. The molecule has 0 saturated carbocycles. The molecule has 1 aliphatic heterocycles. The van der Waals surface area contributed by atoms with Crippen LogP contribution in [0.2, 0.25) is 0 Å². The second-order valence-electron chi connectivity index (χ2n) is 7.64. The summed E-state index contributed by atoms with van der Waals surface area (Å²) in [4.78, 5) is 36.3. The topological polar surface area (TPSA) is 73.6 Å². The number of hydrogen-bond acceptors (Lipinski definition) is 6. The van der Waals surface area contributed by atoms with Gasteiger partial charge in [-0.05, 0) is 37.6 Å². The molecular weight excluding hydrogens is 434 g/mol. The van der Waals surface area contributed by atoms with E-state index in [1.807, 2.05) is 66.7 Å². The monoisotopic (exact) mass is 455 g/mol. The van der Waals surface area contributed by atoms with Gasteiger partial charge < -0.3 is 4.74 Å². The molecule has 3 heterocycles. The standard InChI is InChI=1S/C26H21N3O3S/c1-3-32-25(31)22-16(2)27-26-29(23(22)18-10-5-4-6-11-18)24(30)21(33-26)15-19-14-13-17-9-7-8-12-20(17)28-19/h4-15,23H,3H2,1-2H3/b21-15-. The molecule has 1 atom stereocenters. The van der Waals surface area contributed by atoms with Crippen LogP contribution in [0.3, 0.4) is 0 Å². The third-order valence-corrected chi connectivity index (χ3v) is 6.51. The van der Waals surface area contributed by atoms with Crippen molar-refractivity contribution in [2.45, 2.75) is 19.9 Å². The van der Waals surface area contributed by atoms with Crippen LogP contribution < -0.4 is 14.9 Å². The lowest BCUT2D eigenvalue weighted by molar-refractivity contribution is -0.139. The van der Waals surface area contributed by atoms with Gasteiger partial charge in [-0.3, -0.25) is 9.36 Å². The minimum absolute atomic E-state index is 0.211. The Hall–Kier alpha value is -3.84. The average Bonchev–Trinajstić information content (AvgIpc) is 3.13. The molecule has 6 nitrogen and oxygen atoms in total. The van der Waals surface area contributed by atoms with E-state index in [0.29, 0.717) is 26.3 Å². The number of thiazole rings is 1. The molecule has 4 aromatic rings. The Bertz CT molecular complexity index is 1580. The third kappa shape index (κ3) is 3.81. The van der Waals surface area contributed by atoms with Crippen molar-refractivity contribution in [1.29, 1.82) is 0 Å². The zero-order valence-corrected chi connectivity index (χ0v) is 19.0. The van der Waals surface area contributed by atoms with Crippen LogP contribution in [0.5, 0.6) is 0 Å². The van der Waals surface area contributed by atoms with Crippen LogP contribution in [-0.2, 0) is 9.53 Å². The summed E-state index contributed by atoms with van der Waals surface area (Å²) in [6.45, 7) is 3.79. The Morgan fingerprint density at radius 3 is 2.64 bits per heavy atom. The lowest BCUT2D eigenvalue weighted by Gasteiger charge is -2.24. The molecule has 2 aromatic carbocycles. The number of carbonyl (C=O) groups excluding carboxylic acids is 1. The molecule has 164 valence electrons. The highest BCUT2D eigenvalue weighted by molar-refractivity contribution is 7.07. The van der Waals surface area contributed by atoms with E-state index < -0.39 is 12.0 Å². The van der Waals surface area contributed by atoms with Gasteiger partial charge in [0.1, 0.15) is 0 Å². The molecule has 0 amide bonds. The van der Waals surface area contributed by atoms with E-state index in [1.165, 1.54) is 11.3 Å². The van der Waals surface area contributed by atoms with Gasteiger partial charge >= 0.3 is 5.97 Å². The van der Waals surface area contributed by atoms with E-state index in [1.54, 1.807) is 24.5 Å². The number of hydrogen-bond donors (Lipinski definition) is 0. The average molecular weight is 456 g/mol. The van der Waals surface area contributed by atoms with Crippen molar-refractivity contribution in [2.24, 2.45) is 4.99 Å². The highest BCUT2D eigenvalue weighted by Gasteiger charge is 2.33. The van der Waals surface area contributed by atoms with Crippen LogP contribution in [0.4, 0.5) is 0 Å². The summed E-state index contributed by atoms with van der Waals surface area (Å²) in [6, 6.07) is 20.6. The van der Waals surface area contributed by atoms with E-state index >= 15 is 0 Å². The van der Waals surface area contributed by atoms with Crippen LogP contribution in [0.1, 0.15) is 31.1 Å². The Morgan fingerprint density at radius 1 is 1.09 bits per heavy atom. The number of allylic oxidation sites excluding steroid dienone is 1. The first-order valence-electron chi connectivity index (χ1n) is 10.7. The molecule has 1 unspecified atom stereocenters. The van der Waals surface area contributed by atoms with Crippen molar-refractivity contribution < 1.29 is 9.53 Å². The first kappa shape index (κ1) is 21.0. The maximum Gasteiger partial charge on any atom is 0.338 e. The maximum absolute atomic E-state index is 13.6. The number of rotatable bonds is 4. The number of carbonyl (C=O) groups is 1. The summed E-state index contributed by atoms with van der Waals surface area (Å²) in [7, 11) is 0. The smallest absolute Gasteiger partial charge is 0.338 e. The fourth-order valence-electron chi connectivity index (χ4n) is 4.04. The largest absolute Gasteiger partial charge is 0.463 e. The highest BCUT2D eigenvalue weighted by atomic mass is 32.1. The lowest BCUT2D eigenvalue weighted by atomic mass is 9.96. The molecule has 0 spiro atoms. The van der Waals surface area contributed by atoms with Gasteiger partial charge in [-0.2, -0.15) is 0 Å². The second kappa shape index (κ2) is 8.60. The van der Waals surface area contributed by atoms with Crippen molar-refractivity contribution in [3.8, 4) is 0 Å². The summed E-state index contributed by atoms with van der Waals surface area (Å²) in [5.41, 5.74) is 3.10. The normalized spacial score (nSPS) is 15.9. The predicted molar refractivity (Wildman–Crippen MR) is 129 cm³/mol. The van der Waals surface area contributed by atoms with Crippen LogP contribution >= 0.6 is 11.3 Å². The SMILES string of the molecule is CCOC(=O)C1=C(C)N=c2s/c(=C\c3ccc4ccccc4n3)c(=O)n2C1c1ccccc1. The first-order valence-corrected chi connectivity index (χ1v) is 11.5. The maximum atomic E-state index is 13.6. The molecule has 0 saturated heterocycles. The minimum atomic E-state index is -0.604. The second-order valence-corrected chi connectivity index (χ2v) is 8.65. The van der Waals surface area contributed by atoms with E-state index in [0.717, 1.165) is 16.5 Å². The number of esters is 1. The molecule has 0 radical (unpaired) electrons. The van der Waals surface area contributed by atoms with Crippen molar-refractivity contribution >= 4 is 34.3 Å². The zero-order valence-electron chi connectivity index (χ0n) is 18.2. The van der Waals surface area contributed by atoms with Crippen LogP contribution in [-0.4, -0.2) is 22.1 Å². The summed E-state index contributed by atoms with van der Waals surface area (Å²) in [6.07, 6.45) is 1.78. The number of pyridine rings is 1. The lowest BCUT2D eigenvalue weighted by Crippen LogP contribution is -2.39. The molecule has 1 aliphatic rings. The van der Waals surface area contributed by atoms with Crippen LogP contribution in [0.15, 0.2) is 87.8 Å². The Labute approximate surface area is 193 Å². The van der Waals surface area contributed by atoms with Gasteiger partial charge in [0.05, 0.1) is 39.7 Å².